The van der Waals surface area contributed by atoms with Gasteiger partial charge in [-0.1, -0.05) is 24.3 Å². The Labute approximate surface area is 315 Å². The molecule has 280 valence electrons. The molecule has 0 unspecified atom stereocenters. The first-order valence-corrected chi connectivity index (χ1v) is 20.2. The third kappa shape index (κ3) is 7.23. The number of benzene rings is 2. The Kier molecular flexibility index (Phi) is 9.83. The Balaban J connectivity index is 0.000000142. The van der Waals surface area contributed by atoms with Gasteiger partial charge in [-0.25, -0.2) is 18.7 Å². The van der Waals surface area contributed by atoms with Gasteiger partial charge in [0.15, 0.2) is 0 Å². The molecule has 4 aromatic heterocycles. The number of hydrogen-bond donors (Lipinski definition) is 2. The van der Waals surface area contributed by atoms with Gasteiger partial charge >= 0.3 is 0 Å². The molecule has 6 nitrogen and oxygen atoms in total. The first-order chi connectivity index (χ1) is 26.4. The van der Waals surface area contributed by atoms with E-state index < -0.39 is 12.2 Å². The lowest BCUT2D eigenvalue weighted by Crippen LogP contribution is -2.21. The lowest BCUT2D eigenvalue weighted by atomic mass is 9.75. The standard InChI is InChI=1S/2C23H25FN2O/c2*24-19-9-7-16(8-10-19)15-1-5-18(6-2-15)23(27)22-20(17-3-4-17)11-12-26-14-25-13-21(22)26/h2*7-15,17-18,23,27H,1-6H2/t2*15?,18?,23-/m10/s1. The van der Waals surface area contributed by atoms with Crippen LogP contribution in [0.5, 0.6) is 0 Å². The molecule has 0 radical (unpaired) electrons. The van der Waals surface area contributed by atoms with E-state index in [4.69, 9.17) is 0 Å². The summed E-state index contributed by atoms with van der Waals surface area (Å²) in [6.45, 7) is 0. The molecule has 2 aromatic carbocycles. The largest absolute Gasteiger partial charge is 0.388 e. The number of halogens is 2. The quantitative estimate of drug-likeness (QED) is 0.164. The number of aliphatic hydroxyl groups excluding tert-OH is 2. The summed E-state index contributed by atoms with van der Waals surface area (Å²) in [5, 5.41) is 22.6. The molecular formula is C46H50F2N4O2. The van der Waals surface area contributed by atoms with Crippen LogP contribution in [0.25, 0.3) is 11.0 Å². The van der Waals surface area contributed by atoms with Crippen molar-refractivity contribution < 1.29 is 19.0 Å². The van der Waals surface area contributed by atoms with Gasteiger partial charge in [0.2, 0.25) is 0 Å². The van der Waals surface area contributed by atoms with Crippen LogP contribution < -0.4 is 0 Å². The van der Waals surface area contributed by atoms with Crippen LogP contribution in [0.2, 0.25) is 0 Å². The van der Waals surface area contributed by atoms with E-state index >= 15 is 0 Å². The van der Waals surface area contributed by atoms with Gasteiger partial charge in [0.05, 0.1) is 48.3 Å². The molecule has 0 bridgehead atoms. The molecule has 0 saturated heterocycles. The fourth-order valence-corrected chi connectivity index (χ4v) is 9.68. The molecule has 0 aliphatic heterocycles. The van der Waals surface area contributed by atoms with Crippen LogP contribution in [0.15, 0.2) is 98.1 Å². The van der Waals surface area contributed by atoms with Gasteiger partial charge in [0.1, 0.15) is 11.6 Å². The number of nitrogens with zero attached hydrogens (tertiary/aromatic N) is 4. The maximum atomic E-state index is 13.2. The summed E-state index contributed by atoms with van der Waals surface area (Å²) in [6.07, 6.45) is 23.8. The average molecular weight is 729 g/mol. The first-order valence-electron chi connectivity index (χ1n) is 20.2. The topological polar surface area (TPSA) is 75.1 Å². The van der Waals surface area contributed by atoms with E-state index in [-0.39, 0.29) is 23.5 Å². The maximum absolute atomic E-state index is 13.2. The Morgan fingerprint density at radius 3 is 1.19 bits per heavy atom. The first kappa shape index (κ1) is 35.3. The summed E-state index contributed by atoms with van der Waals surface area (Å²) in [5.74, 6) is 2.36. The number of fused-ring (bicyclic) bond motifs is 2. The van der Waals surface area contributed by atoms with Crippen molar-refractivity contribution in [3.05, 3.63) is 143 Å². The van der Waals surface area contributed by atoms with Gasteiger partial charge < -0.3 is 19.0 Å². The van der Waals surface area contributed by atoms with Gasteiger partial charge in [0, 0.05) is 23.5 Å². The summed E-state index contributed by atoms with van der Waals surface area (Å²) in [4.78, 5) is 8.58. The number of pyridine rings is 2. The second kappa shape index (κ2) is 15.0. The van der Waals surface area contributed by atoms with Gasteiger partial charge in [-0.15, -0.1) is 0 Å². The van der Waals surface area contributed by atoms with Crippen LogP contribution in [0.1, 0.15) is 146 Å². The number of aromatic nitrogens is 4. The fraction of sp³-hybridized carbons (Fsp3) is 0.435. The molecule has 0 amide bonds. The molecule has 54 heavy (non-hydrogen) atoms. The van der Waals surface area contributed by atoms with E-state index in [0.717, 1.165) is 73.5 Å². The number of hydrogen-bond acceptors (Lipinski definition) is 4. The molecular weight excluding hydrogens is 679 g/mol. The van der Waals surface area contributed by atoms with Gasteiger partial charge in [-0.2, -0.15) is 0 Å². The normalized spacial score (nSPS) is 24.2. The highest BCUT2D eigenvalue weighted by Gasteiger charge is 2.36. The minimum Gasteiger partial charge on any atom is -0.388 e. The number of rotatable bonds is 8. The SMILES string of the molecule is O[C@@H](c1c(C2CC2)ccn2cncc12)C1CCC(c2ccc(F)cc2)CC1.O[C@H](c1c(C2CC2)ccn2cncc12)C1CCC(c2ccc(F)cc2)CC1. The molecule has 4 heterocycles. The van der Waals surface area contributed by atoms with E-state index in [0.29, 0.717) is 23.7 Å². The Bertz CT molecular complexity index is 2030. The van der Waals surface area contributed by atoms with Crippen LogP contribution in [0.4, 0.5) is 8.78 Å². The number of imidazole rings is 2. The molecule has 6 aromatic rings. The summed E-state index contributed by atoms with van der Waals surface area (Å²) in [6, 6.07) is 18.2. The van der Waals surface area contributed by atoms with Crippen LogP contribution in [-0.2, 0) is 0 Å². The zero-order valence-electron chi connectivity index (χ0n) is 30.8. The second-order valence-corrected chi connectivity index (χ2v) is 16.5. The highest BCUT2D eigenvalue weighted by atomic mass is 19.1. The highest BCUT2D eigenvalue weighted by molar-refractivity contribution is 5.60. The fourth-order valence-electron chi connectivity index (χ4n) is 9.68. The zero-order chi connectivity index (χ0) is 36.8. The van der Waals surface area contributed by atoms with Crippen molar-refractivity contribution >= 4 is 11.0 Å². The van der Waals surface area contributed by atoms with Gasteiger partial charge in [-0.05, 0) is 171 Å². The van der Waals surface area contributed by atoms with E-state index in [9.17, 15) is 19.0 Å². The van der Waals surface area contributed by atoms with E-state index in [1.54, 1.807) is 24.3 Å². The minimum absolute atomic E-state index is 0.177. The van der Waals surface area contributed by atoms with Gasteiger partial charge in [0.25, 0.3) is 0 Å². The monoisotopic (exact) mass is 728 g/mol. The average Bonchev–Trinajstić information content (AvgIpc) is 4.14. The zero-order valence-corrected chi connectivity index (χ0v) is 30.8. The number of aliphatic hydroxyl groups is 2. The lowest BCUT2D eigenvalue weighted by Gasteiger charge is -2.33. The molecule has 4 aliphatic carbocycles. The summed E-state index contributed by atoms with van der Waals surface area (Å²) in [7, 11) is 0. The molecule has 2 N–H and O–H groups in total. The predicted octanol–water partition coefficient (Wildman–Crippen LogP) is 10.7. The minimum atomic E-state index is -0.435. The molecule has 4 fully saturated rings. The van der Waals surface area contributed by atoms with Crippen molar-refractivity contribution in [3.8, 4) is 0 Å². The molecule has 2 atom stereocenters. The second-order valence-electron chi connectivity index (χ2n) is 16.5. The van der Waals surface area contributed by atoms with Crippen molar-refractivity contribution in [1.29, 1.82) is 0 Å². The molecule has 0 spiro atoms. The predicted molar refractivity (Wildman–Crippen MR) is 206 cm³/mol. The summed E-state index contributed by atoms with van der Waals surface area (Å²) < 4.78 is 30.4. The van der Waals surface area contributed by atoms with Crippen LogP contribution in [0.3, 0.4) is 0 Å². The lowest BCUT2D eigenvalue weighted by molar-refractivity contribution is 0.0808. The third-order valence-corrected chi connectivity index (χ3v) is 13.1. The molecule has 4 aliphatic rings. The maximum Gasteiger partial charge on any atom is 0.123 e. The molecule has 4 saturated carbocycles. The Morgan fingerprint density at radius 1 is 0.481 bits per heavy atom. The summed E-state index contributed by atoms with van der Waals surface area (Å²) >= 11 is 0. The van der Waals surface area contributed by atoms with Crippen molar-refractivity contribution in [1.82, 2.24) is 18.8 Å². The van der Waals surface area contributed by atoms with Crippen molar-refractivity contribution in [2.75, 3.05) is 0 Å². The van der Waals surface area contributed by atoms with Gasteiger partial charge in [-0.3, -0.25) is 0 Å². The van der Waals surface area contributed by atoms with Crippen molar-refractivity contribution in [3.63, 3.8) is 0 Å². The van der Waals surface area contributed by atoms with Crippen LogP contribution >= 0.6 is 0 Å². The third-order valence-electron chi connectivity index (χ3n) is 13.1. The van der Waals surface area contributed by atoms with Crippen LogP contribution in [0, 0.1) is 23.5 Å². The molecule has 10 rings (SSSR count). The Morgan fingerprint density at radius 2 is 0.833 bits per heavy atom. The van der Waals surface area contributed by atoms with Crippen molar-refractivity contribution in [2.24, 2.45) is 11.8 Å². The highest BCUT2D eigenvalue weighted by Crippen LogP contribution is 2.49. The summed E-state index contributed by atoms with van der Waals surface area (Å²) in [5.41, 5.74) is 9.37. The van der Waals surface area contributed by atoms with Crippen LogP contribution in [-0.4, -0.2) is 29.0 Å². The molecule has 8 heteroatoms. The smallest absolute Gasteiger partial charge is 0.123 e. The van der Waals surface area contributed by atoms with E-state index in [1.807, 2.05) is 58.1 Å². The van der Waals surface area contributed by atoms with E-state index in [1.165, 1.54) is 47.9 Å². The van der Waals surface area contributed by atoms with Crippen molar-refractivity contribution in [2.45, 2.75) is 113 Å². The Hall–Kier alpha value is -4.40. The van der Waals surface area contributed by atoms with E-state index in [2.05, 4.69) is 34.5 Å².